The summed E-state index contributed by atoms with van der Waals surface area (Å²) in [4.78, 5) is 5.18. The number of hydrogen-bond donors (Lipinski definition) is 0. The fourth-order valence-corrected chi connectivity index (χ4v) is 7.09. The van der Waals surface area contributed by atoms with Gasteiger partial charge in [0.15, 0.2) is 0 Å². The summed E-state index contributed by atoms with van der Waals surface area (Å²) in [5, 5.41) is 0. The van der Waals surface area contributed by atoms with E-state index < -0.39 is 0 Å². The van der Waals surface area contributed by atoms with Crippen LogP contribution in [0.5, 0.6) is 0 Å². The van der Waals surface area contributed by atoms with Crippen LogP contribution in [0.15, 0.2) is 42.7 Å². The van der Waals surface area contributed by atoms with Crippen molar-refractivity contribution in [1.82, 2.24) is 4.90 Å². The summed E-state index contributed by atoms with van der Waals surface area (Å²) in [7, 11) is 0. The Kier molecular flexibility index (Phi) is 25.5. The van der Waals surface area contributed by atoms with Crippen LogP contribution in [0.3, 0.4) is 0 Å². The van der Waals surface area contributed by atoms with Gasteiger partial charge in [-0.2, -0.15) is 0 Å². The third kappa shape index (κ3) is 19.8. The van der Waals surface area contributed by atoms with E-state index in [0.717, 1.165) is 0 Å². The Balaban J connectivity index is 1.50. The molecule has 1 unspecified atom stereocenters. The Labute approximate surface area is 276 Å². The largest absolute Gasteiger partial charge is 0.356 e. The number of anilines is 1. The van der Waals surface area contributed by atoms with Crippen molar-refractivity contribution in [3.63, 3.8) is 0 Å². The highest BCUT2D eigenvalue weighted by Crippen LogP contribution is 2.28. The van der Waals surface area contributed by atoms with E-state index in [1.54, 1.807) is 0 Å². The molecule has 0 N–H and O–H groups in total. The van der Waals surface area contributed by atoms with E-state index in [1.807, 2.05) is 0 Å². The first-order valence-corrected chi connectivity index (χ1v) is 20.1. The smallest absolute Gasteiger partial charge is 0.105 e. The molecular formula is C42H76N2. The van der Waals surface area contributed by atoms with E-state index in [9.17, 15) is 0 Å². The number of para-hydroxylation sites is 1. The zero-order chi connectivity index (χ0) is 31.2. The molecule has 44 heavy (non-hydrogen) atoms. The molecule has 1 aromatic carbocycles. The van der Waals surface area contributed by atoms with Crippen LogP contribution in [-0.2, 0) is 0 Å². The predicted octanol–water partition coefficient (Wildman–Crippen LogP) is 14.3. The van der Waals surface area contributed by atoms with Gasteiger partial charge in [-0.3, -0.25) is 0 Å². The van der Waals surface area contributed by atoms with Crippen molar-refractivity contribution < 1.29 is 0 Å². The molecule has 2 heteroatoms. The highest BCUT2D eigenvalue weighted by molar-refractivity contribution is 5.51. The van der Waals surface area contributed by atoms with E-state index >= 15 is 0 Å². The van der Waals surface area contributed by atoms with Crippen LogP contribution >= 0.6 is 0 Å². The normalized spacial score (nSPS) is 14.7. The second-order valence-electron chi connectivity index (χ2n) is 14.1. The third-order valence-electron chi connectivity index (χ3n) is 10.0. The summed E-state index contributed by atoms with van der Waals surface area (Å²) < 4.78 is 0. The molecule has 0 aromatic heterocycles. The van der Waals surface area contributed by atoms with Crippen LogP contribution in [0.25, 0.3) is 0 Å². The van der Waals surface area contributed by atoms with Crippen molar-refractivity contribution in [2.45, 2.75) is 213 Å². The van der Waals surface area contributed by atoms with Gasteiger partial charge < -0.3 is 9.80 Å². The summed E-state index contributed by atoms with van der Waals surface area (Å²) in [6.07, 6.45) is 48.1. The van der Waals surface area contributed by atoms with Crippen LogP contribution in [0.1, 0.15) is 206 Å². The standard InChI is InChI=1S/C42H76N2/c1-3-5-7-9-11-13-15-17-18-19-20-21-23-25-27-29-34-38-43-39-40-44(41-35-31-30-32-36-41)42(43)37-33-28-26-24-22-16-14-12-10-8-6-4-2/h30-32,35-36,39-40,42H,3-29,33-34,37-38H2,1-2H3. The lowest BCUT2D eigenvalue weighted by Crippen LogP contribution is -2.39. The Morgan fingerprint density at radius 2 is 0.773 bits per heavy atom. The van der Waals surface area contributed by atoms with Crippen molar-refractivity contribution in [3.8, 4) is 0 Å². The molecule has 2 rings (SSSR count). The molecule has 0 bridgehead atoms. The van der Waals surface area contributed by atoms with Gasteiger partial charge in [0.1, 0.15) is 6.17 Å². The fraction of sp³-hybridized carbons (Fsp3) is 0.810. The first-order valence-electron chi connectivity index (χ1n) is 20.1. The lowest BCUT2D eigenvalue weighted by atomic mass is 10.0. The molecular weight excluding hydrogens is 532 g/mol. The van der Waals surface area contributed by atoms with Crippen molar-refractivity contribution in [2.75, 3.05) is 11.4 Å². The highest BCUT2D eigenvalue weighted by atomic mass is 15.4. The minimum Gasteiger partial charge on any atom is -0.356 e. The summed E-state index contributed by atoms with van der Waals surface area (Å²) in [6, 6.07) is 11.1. The van der Waals surface area contributed by atoms with Crippen LogP contribution in [-0.4, -0.2) is 17.6 Å². The van der Waals surface area contributed by atoms with Crippen molar-refractivity contribution in [1.29, 1.82) is 0 Å². The minimum atomic E-state index is 0.501. The first kappa shape index (κ1) is 38.7. The SMILES string of the molecule is CCCCCCCCCCCCCCCCCCCN1C=CN(c2ccccc2)C1CCCCCCCCCCCCCC. The zero-order valence-electron chi connectivity index (χ0n) is 29.9. The highest BCUT2D eigenvalue weighted by Gasteiger charge is 2.26. The molecule has 0 radical (unpaired) electrons. The minimum absolute atomic E-state index is 0.501. The topological polar surface area (TPSA) is 6.48 Å². The number of benzene rings is 1. The molecule has 1 aromatic rings. The number of nitrogens with zero attached hydrogens (tertiary/aromatic N) is 2. The maximum atomic E-state index is 2.65. The van der Waals surface area contributed by atoms with E-state index in [1.165, 1.54) is 205 Å². The molecule has 0 aliphatic carbocycles. The van der Waals surface area contributed by atoms with Crippen molar-refractivity contribution in [2.24, 2.45) is 0 Å². The average Bonchev–Trinajstić information content (AvgIpc) is 3.45. The number of unbranched alkanes of at least 4 members (excludes halogenated alkanes) is 27. The molecule has 0 amide bonds. The third-order valence-corrected chi connectivity index (χ3v) is 10.0. The molecule has 1 heterocycles. The van der Waals surface area contributed by atoms with Gasteiger partial charge >= 0.3 is 0 Å². The lowest BCUT2D eigenvalue weighted by molar-refractivity contribution is 0.273. The van der Waals surface area contributed by atoms with Gasteiger partial charge in [-0.1, -0.05) is 205 Å². The molecule has 1 aliphatic heterocycles. The maximum absolute atomic E-state index is 2.65. The molecule has 1 atom stereocenters. The molecule has 1 aliphatic rings. The Morgan fingerprint density at radius 1 is 0.409 bits per heavy atom. The molecule has 0 fully saturated rings. The van der Waals surface area contributed by atoms with Crippen LogP contribution in [0.2, 0.25) is 0 Å². The fourth-order valence-electron chi connectivity index (χ4n) is 7.09. The summed E-state index contributed by atoms with van der Waals surface area (Å²) in [5.74, 6) is 0. The molecule has 0 saturated heterocycles. The van der Waals surface area contributed by atoms with Gasteiger partial charge in [0, 0.05) is 24.6 Å². The molecule has 2 nitrogen and oxygen atoms in total. The summed E-state index contributed by atoms with van der Waals surface area (Å²) >= 11 is 0. The maximum Gasteiger partial charge on any atom is 0.105 e. The van der Waals surface area contributed by atoms with Gasteiger partial charge in [0.05, 0.1) is 0 Å². The molecule has 0 saturated carbocycles. The Morgan fingerprint density at radius 3 is 1.18 bits per heavy atom. The van der Waals surface area contributed by atoms with Gasteiger partial charge in [-0.15, -0.1) is 0 Å². The van der Waals surface area contributed by atoms with Crippen molar-refractivity contribution in [3.05, 3.63) is 42.7 Å². The Hall–Kier alpha value is -1.44. The van der Waals surface area contributed by atoms with Gasteiger partial charge in [0.25, 0.3) is 0 Å². The molecule has 0 spiro atoms. The average molecular weight is 609 g/mol. The van der Waals surface area contributed by atoms with Gasteiger partial charge in [0.2, 0.25) is 0 Å². The zero-order valence-corrected chi connectivity index (χ0v) is 29.9. The van der Waals surface area contributed by atoms with Gasteiger partial charge in [-0.05, 0) is 31.4 Å². The van der Waals surface area contributed by atoms with E-state index in [-0.39, 0.29) is 0 Å². The van der Waals surface area contributed by atoms with E-state index in [0.29, 0.717) is 6.17 Å². The second kappa shape index (κ2) is 29.0. The monoisotopic (exact) mass is 609 g/mol. The summed E-state index contributed by atoms with van der Waals surface area (Å²) in [6.45, 7) is 5.83. The van der Waals surface area contributed by atoms with E-state index in [4.69, 9.17) is 0 Å². The Bertz CT molecular complexity index is 743. The van der Waals surface area contributed by atoms with Crippen LogP contribution < -0.4 is 4.90 Å². The quantitative estimate of drug-likeness (QED) is 0.0751. The number of rotatable bonds is 32. The second-order valence-corrected chi connectivity index (χ2v) is 14.1. The predicted molar refractivity (Wildman–Crippen MR) is 198 cm³/mol. The van der Waals surface area contributed by atoms with Crippen LogP contribution in [0, 0.1) is 0 Å². The van der Waals surface area contributed by atoms with Crippen molar-refractivity contribution >= 4 is 5.69 Å². The number of hydrogen-bond acceptors (Lipinski definition) is 2. The summed E-state index contributed by atoms with van der Waals surface area (Å²) in [5.41, 5.74) is 1.34. The molecule has 254 valence electrons. The van der Waals surface area contributed by atoms with Gasteiger partial charge in [-0.25, -0.2) is 0 Å². The first-order chi connectivity index (χ1) is 21.9. The van der Waals surface area contributed by atoms with E-state index in [2.05, 4.69) is 66.4 Å². The van der Waals surface area contributed by atoms with Crippen LogP contribution in [0.4, 0.5) is 5.69 Å². The lowest BCUT2D eigenvalue weighted by Gasteiger charge is -2.33.